The topological polar surface area (TPSA) is 103 Å². The van der Waals surface area contributed by atoms with Gasteiger partial charge >= 0.3 is 5.97 Å². The number of esters is 1. The van der Waals surface area contributed by atoms with Crippen LogP contribution in [0.15, 0.2) is 66.7 Å². The maximum atomic E-state index is 12.4. The summed E-state index contributed by atoms with van der Waals surface area (Å²) in [5, 5.41) is 5.47. The summed E-state index contributed by atoms with van der Waals surface area (Å²) in [5.74, 6) is 0.117. The minimum Gasteiger partial charge on any atom is -0.497 e. The third-order valence-corrected chi connectivity index (χ3v) is 4.78. The largest absolute Gasteiger partial charge is 0.497 e. The van der Waals surface area contributed by atoms with Crippen molar-refractivity contribution in [3.05, 3.63) is 83.4 Å². The van der Waals surface area contributed by atoms with Gasteiger partial charge < -0.3 is 24.8 Å². The lowest BCUT2D eigenvalue weighted by atomic mass is 10.1. The van der Waals surface area contributed by atoms with Crippen molar-refractivity contribution in [3.63, 3.8) is 0 Å². The van der Waals surface area contributed by atoms with E-state index in [0.717, 1.165) is 5.56 Å². The minimum absolute atomic E-state index is 0.0495. The van der Waals surface area contributed by atoms with Gasteiger partial charge in [-0.2, -0.15) is 0 Å². The van der Waals surface area contributed by atoms with Crippen molar-refractivity contribution in [2.24, 2.45) is 0 Å². The molecule has 0 saturated carbocycles. The van der Waals surface area contributed by atoms with Gasteiger partial charge in [0.15, 0.2) is 6.61 Å². The predicted molar refractivity (Wildman–Crippen MR) is 117 cm³/mol. The van der Waals surface area contributed by atoms with Gasteiger partial charge in [0.2, 0.25) is 0 Å². The van der Waals surface area contributed by atoms with Crippen molar-refractivity contribution in [1.29, 1.82) is 0 Å². The fraction of sp³-hybridized carbons (Fsp3) is 0.125. The maximum absolute atomic E-state index is 12.4. The summed E-state index contributed by atoms with van der Waals surface area (Å²) in [4.78, 5) is 36.1. The molecule has 0 aliphatic carbocycles. The first-order chi connectivity index (χ1) is 15.5. The molecule has 0 radical (unpaired) electrons. The van der Waals surface area contributed by atoms with Crippen LogP contribution in [0.5, 0.6) is 11.5 Å². The second-order valence-electron chi connectivity index (χ2n) is 7.00. The standard InChI is InChI=1S/C24H20N2O6/c1-30-19-9-7-18(8-10-19)25-23(28)16-4-2-15(3-5-16)13-32-24(29)17-6-11-20-21(12-17)31-14-22(27)26-20/h2-12H,13-14H2,1H3,(H,25,28)(H,26,27). The van der Waals surface area contributed by atoms with E-state index < -0.39 is 5.97 Å². The van der Waals surface area contributed by atoms with E-state index in [0.29, 0.717) is 34.0 Å². The molecule has 0 fully saturated rings. The third kappa shape index (κ3) is 4.86. The van der Waals surface area contributed by atoms with Crippen LogP contribution in [-0.2, 0) is 16.1 Å². The number of rotatable bonds is 6. The lowest BCUT2D eigenvalue weighted by Crippen LogP contribution is -2.25. The van der Waals surface area contributed by atoms with Crippen molar-refractivity contribution in [2.75, 3.05) is 24.4 Å². The van der Waals surface area contributed by atoms with Crippen molar-refractivity contribution >= 4 is 29.2 Å². The third-order valence-electron chi connectivity index (χ3n) is 4.78. The Hall–Kier alpha value is -4.33. The van der Waals surface area contributed by atoms with Gasteiger partial charge in [0.1, 0.15) is 18.1 Å². The van der Waals surface area contributed by atoms with E-state index in [1.165, 1.54) is 6.07 Å². The molecule has 8 nitrogen and oxygen atoms in total. The molecule has 162 valence electrons. The molecule has 3 aromatic rings. The summed E-state index contributed by atoms with van der Waals surface area (Å²) in [5.41, 5.74) is 2.70. The highest BCUT2D eigenvalue weighted by Crippen LogP contribution is 2.28. The molecule has 4 rings (SSSR count). The minimum atomic E-state index is -0.519. The van der Waals surface area contributed by atoms with Crippen molar-refractivity contribution in [1.82, 2.24) is 0 Å². The molecule has 2 amide bonds. The van der Waals surface area contributed by atoms with E-state index in [9.17, 15) is 14.4 Å². The molecule has 0 atom stereocenters. The highest BCUT2D eigenvalue weighted by molar-refractivity contribution is 6.04. The Kier molecular flexibility index (Phi) is 6.03. The summed E-state index contributed by atoms with van der Waals surface area (Å²) in [7, 11) is 1.58. The van der Waals surface area contributed by atoms with Crippen molar-refractivity contribution in [3.8, 4) is 11.5 Å². The Balaban J connectivity index is 1.33. The molecule has 3 aromatic carbocycles. The Labute approximate surface area is 184 Å². The average molecular weight is 432 g/mol. The zero-order chi connectivity index (χ0) is 22.5. The first-order valence-electron chi connectivity index (χ1n) is 9.80. The number of fused-ring (bicyclic) bond motifs is 1. The van der Waals surface area contributed by atoms with Crippen LogP contribution in [0.3, 0.4) is 0 Å². The van der Waals surface area contributed by atoms with E-state index in [1.807, 2.05) is 0 Å². The fourth-order valence-corrected chi connectivity index (χ4v) is 3.06. The van der Waals surface area contributed by atoms with Crippen LogP contribution in [0.2, 0.25) is 0 Å². The van der Waals surface area contributed by atoms with E-state index in [-0.39, 0.29) is 25.0 Å². The van der Waals surface area contributed by atoms with Gasteiger partial charge in [0.05, 0.1) is 18.4 Å². The number of anilines is 2. The van der Waals surface area contributed by atoms with Gasteiger partial charge in [0, 0.05) is 11.3 Å². The van der Waals surface area contributed by atoms with Crippen molar-refractivity contribution in [2.45, 2.75) is 6.61 Å². The zero-order valence-electron chi connectivity index (χ0n) is 17.2. The quantitative estimate of drug-likeness (QED) is 0.577. The summed E-state index contributed by atoms with van der Waals surface area (Å²) in [6.07, 6.45) is 0. The highest BCUT2D eigenvalue weighted by atomic mass is 16.5. The van der Waals surface area contributed by atoms with Gasteiger partial charge in [-0.15, -0.1) is 0 Å². The molecule has 0 aromatic heterocycles. The second-order valence-corrected chi connectivity index (χ2v) is 7.00. The molecule has 1 heterocycles. The van der Waals surface area contributed by atoms with Gasteiger partial charge in [-0.1, -0.05) is 12.1 Å². The molecule has 0 bridgehead atoms. The molecule has 1 aliphatic rings. The van der Waals surface area contributed by atoms with Crippen LogP contribution in [0.4, 0.5) is 11.4 Å². The van der Waals surface area contributed by atoms with Crippen LogP contribution in [-0.4, -0.2) is 31.5 Å². The van der Waals surface area contributed by atoms with E-state index in [1.54, 1.807) is 67.8 Å². The Morgan fingerprint density at radius 2 is 1.72 bits per heavy atom. The number of hydrogen-bond donors (Lipinski definition) is 2. The Morgan fingerprint density at radius 1 is 1.00 bits per heavy atom. The van der Waals surface area contributed by atoms with E-state index in [2.05, 4.69) is 10.6 Å². The van der Waals surface area contributed by atoms with E-state index >= 15 is 0 Å². The van der Waals surface area contributed by atoms with Gasteiger partial charge in [0.25, 0.3) is 11.8 Å². The molecule has 2 N–H and O–H groups in total. The van der Waals surface area contributed by atoms with E-state index in [4.69, 9.17) is 14.2 Å². The lowest BCUT2D eigenvalue weighted by Gasteiger charge is -2.18. The lowest BCUT2D eigenvalue weighted by molar-refractivity contribution is -0.118. The first kappa shape index (κ1) is 20.9. The summed E-state index contributed by atoms with van der Waals surface area (Å²) >= 11 is 0. The van der Waals surface area contributed by atoms with Gasteiger partial charge in [-0.3, -0.25) is 9.59 Å². The molecular weight excluding hydrogens is 412 g/mol. The number of amides is 2. The second kappa shape index (κ2) is 9.22. The molecule has 1 aliphatic heterocycles. The normalized spacial score (nSPS) is 12.1. The zero-order valence-corrected chi connectivity index (χ0v) is 17.2. The van der Waals surface area contributed by atoms with Crippen LogP contribution in [0.25, 0.3) is 0 Å². The molecule has 32 heavy (non-hydrogen) atoms. The summed E-state index contributed by atoms with van der Waals surface area (Å²) in [6.45, 7) is -0.0439. The number of ether oxygens (including phenoxy) is 3. The molecule has 8 heteroatoms. The number of methoxy groups -OCH3 is 1. The average Bonchev–Trinajstić information content (AvgIpc) is 2.83. The molecular formula is C24H20N2O6. The highest BCUT2D eigenvalue weighted by Gasteiger charge is 2.18. The predicted octanol–water partition coefficient (Wildman–Crippen LogP) is 3.64. The first-order valence-corrected chi connectivity index (χ1v) is 9.80. The molecule has 0 spiro atoms. The Bertz CT molecular complexity index is 1160. The monoisotopic (exact) mass is 432 g/mol. The van der Waals surface area contributed by atoms with Gasteiger partial charge in [-0.25, -0.2) is 4.79 Å². The van der Waals surface area contributed by atoms with Crippen LogP contribution >= 0.6 is 0 Å². The Morgan fingerprint density at radius 3 is 2.44 bits per heavy atom. The maximum Gasteiger partial charge on any atom is 0.338 e. The number of hydrogen-bond acceptors (Lipinski definition) is 6. The molecule has 0 unspecified atom stereocenters. The number of carbonyl (C=O) groups excluding carboxylic acids is 3. The number of benzene rings is 3. The fourth-order valence-electron chi connectivity index (χ4n) is 3.06. The van der Waals surface area contributed by atoms with Crippen LogP contribution in [0.1, 0.15) is 26.3 Å². The molecule has 0 saturated heterocycles. The van der Waals surface area contributed by atoms with Crippen molar-refractivity contribution < 1.29 is 28.6 Å². The van der Waals surface area contributed by atoms with Crippen LogP contribution in [0, 0.1) is 0 Å². The van der Waals surface area contributed by atoms with Gasteiger partial charge in [-0.05, 0) is 60.2 Å². The summed E-state index contributed by atoms with van der Waals surface area (Å²) in [6, 6.07) is 18.5. The number of nitrogens with one attached hydrogen (secondary N) is 2. The SMILES string of the molecule is COc1ccc(NC(=O)c2ccc(COC(=O)c3ccc4c(c3)OCC(=O)N4)cc2)cc1. The smallest absolute Gasteiger partial charge is 0.338 e. The summed E-state index contributed by atoms with van der Waals surface area (Å²) < 4.78 is 15.8. The number of carbonyl (C=O) groups is 3. The van der Waals surface area contributed by atoms with Crippen LogP contribution < -0.4 is 20.1 Å².